The number of hydrogen-bond acceptors (Lipinski definition) is 3. The monoisotopic (exact) mass is 332 g/mol. The second kappa shape index (κ2) is 5.01. The quantitative estimate of drug-likeness (QED) is 0.804. The van der Waals surface area contributed by atoms with Crippen LogP contribution in [0.3, 0.4) is 0 Å². The number of piperazine rings is 1. The average Bonchev–Trinajstić information content (AvgIpc) is 2.30. The minimum absolute atomic E-state index is 0.350. The van der Waals surface area contributed by atoms with E-state index in [-0.39, 0.29) is 0 Å². The van der Waals surface area contributed by atoms with Gasteiger partial charge in [0.15, 0.2) is 0 Å². The van der Waals surface area contributed by atoms with Gasteiger partial charge in [-0.15, -0.1) is 0 Å². The molecule has 1 aliphatic rings. The number of carboxylic acid groups (broad SMARTS) is 1. The number of nitrogens with zero attached hydrogens (tertiary/aromatic N) is 1. The summed E-state index contributed by atoms with van der Waals surface area (Å²) in [5, 5.41) is 12.2. The van der Waals surface area contributed by atoms with Gasteiger partial charge in [0, 0.05) is 29.7 Å². The molecule has 0 bridgehead atoms. The lowest BCUT2D eigenvalue weighted by molar-refractivity contribution is 0.0697. The molecule has 16 heavy (non-hydrogen) atoms. The smallest absolute Gasteiger partial charge is 0.335 e. The van der Waals surface area contributed by atoms with Gasteiger partial charge in [-0.3, -0.25) is 0 Å². The van der Waals surface area contributed by atoms with E-state index in [0.29, 0.717) is 5.56 Å². The number of anilines is 1. The second-order valence-corrected chi connectivity index (χ2v) is 4.87. The van der Waals surface area contributed by atoms with Crippen LogP contribution >= 0.6 is 22.6 Å². The van der Waals surface area contributed by atoms with E-state index < -0.39 is 5.97 Å². The third kappa shape index (κ3) is 2.46. The molecular weight excluding hydrogens is 319 g/mol. The first-order valence-electron chi connectivity index (χ1n) is 5.17. The number of aromatic carboxylic acids is 1. The standard InChI is InChI=1S/C11H13IN2O2/c12-9-7-8(11(15)16)1-2-10(9)14-5-3-13-4-6-14/h1-2,7,13H,3-6H2,(H,15,16). The first kappa shape index (κ1) is 11.7. The number of rotatable bonds is 2. The van der Waals surface area contributed by atoms with Gasteiger partial charge >= 0.3 is 5.97 Å². The molecule has 4 nitrogen and oxygen atoms in total. The molecule has 5 heteroatoms. The number of benzene rings is 1. The molecule has 1 aromatic rings. The highest BCUT2D eigenvalue weighted by atomic mass is 127. The average molecular weight is 332 g/mol. The molecule has 2 rings (SSSR count). The van der Waals surface area contributed by atoms with Crippen LogP contribution in [-0.2, 0) is 0 Å². The Morgan fingerprint density at radius 2 is 2.06 bits per heavy atom. The van der Waals surface area contributed by atoms with E-state index in [1.165, 1.54) is 0 Å². The van der Waals surface area contributed by atoms with Gasteiger partial charge in [-0.25, -0.2) is 4.79 Å². The fourth-order valence-corrected chi connectivity index (χ4v) is 2.66. The Hall–Kier alpha value is -0.820. The Labute approximate surface area is 108 Å². The molecule has 0 saturated carbocycles. The van der Waals surface area contributed by atoms with Crippen molar-refractivity contribution in [2.75, 3.05) is 31.1 Å². The molecule has 0 atom stereocenters. The van der Waals surface area contributed by atoms with E-state index in [1.807, 2.05) is 6.07 Å². The highest BCUT2D eigenvalue weighted by Crippen LogP contribution is 2.24. The maximum atomic E-state index is 10.8. The molecule has 1 saturated heterocycles. The van der Waals surface area contributed by atoms with Crippen molar-refractivity contribution in [1.29, 1.82) is 0 Å². The van der Waals surface area contributed by atoms with Crippen molar-refractivity contribution < 1.29 is 9.90 Å². The third-order valence-electron chi connectivity index (χ3n) is 2.65. The predicted octanol–water partition coefficient (Wildman–Crippen LogP) is 1.40. The van der Waals surface area contributed by atoms with E-state index >= 15 is 0 Å². The van der Waals surface area contributed by atoms with Crippen LogP contribution in [0.2, 0.25) is 0 Å². The molecule has 86 valence electrons. The van der Waals surface area contributed by atoms with Gasteiger partial charge in [0.05, 0.1) is 11.3 Å². The third-order valence-corrected chi connectivity index (χ3v) is 3.52. The van der Waals surface area contributed by atoms with Crippen LogP contribution in [0.25, 0.3) is 0 Å². The van der Waals surface area contributed by atoms with E-state index in [9.17, 15) is 4.79 Å². The van der Waals surface area contributed by atoms with E-state index in [4.69, 9.17) is 5.11 Å². The molecule has 2 N–H and O–H groups in total. The number of carbonyl (C=O) groups is 1. The lowest BCUT2D eigenvalue weighted by Crippen LogP contribution is -2.43. The molecule has 0 spiro atoms. The van der Waals surface area contributed by atoms with Gasteiger partial charge in [0.1, 0.15) is 0 Å². The number of halogens is 1. The molecule has 0 unspecified atom stereocenters. The Bertz CT molecular complexity index is 403. The van der Waals surface area contributed by atoms with Gasteiger partial charge in [-0.2, -0.15) is 0 Å². The van der Waals surface area contributed by atoms with Gasteiger partial charge in [0.2, 0.25) is 0 Å². The van der Waals surface area contributed by atoms with E-state index in [1.54, 1.807) is 12.1 Å². The number of nitrogens with one attached hydrogen (secondary N) is 1. The van der Waals surface area contributed by atoms with E-state index in [2.05, 4.69) is 32.8 Å². The summed E-state index contributed by atoms with van der Waals surface area (Å²) in [5.41, 5.74) is 1.48. The molecule has 0 amide bonds. The topological polar surface area (TPSA) is 52.6 Å². The van der Waals surface area contributed by atoms with Crippen molar-refractivity contribution >= 4 is 34.2 Å². The minimum Gasteiger partial charge on any atom is -0.478 e. The normalized spacial score (nSPS) is 16.2. The highest BCUT2D eigenvalue weighted by molar-refractivity contribution is 14.1. The molecule has 1 fully saturated rings. The Morgan fingerprint density at radius 3 is 2.62 bits per heavy atom. The van der Waals surface area contributed by atoms with Crippen LogP contribution in [-0.4, -0.2) is 37.3 Å². The second-order valence-electron chi connectivity index (χ2n) is 3.71. The lowest BCUT2D eigenvalue weighted by atomic mass is 10.2. The van der Waals surface area contributed by atoms with Gasteiger partial charge < -0.3 is 15.3 Å². The molecule has 0 aromatic heterocycles. The molecule has 1 aliphatic heterocycles. The Kier molecular flexibility index (Phi) is 3.65. The summed E-state index contributed by atoms with van der Waals surface area (Å²) in [5.74, 6) is -0.871. The predicted molar refractivity (Wildman–Crippen MR) is 71.2 cm³/mol. The maximum absolute atomic E-state index is 10.8. The van der Waals surface area contributed by atoms with Crippen molar-refractivity contribution in [2.24, 2.45) is 0 Å². The lowest BCUT2D eigenvalue weighted by Gasteiger charge is -2.30. The van der Waals surface area contributed by atoms with Crippen LogP contribution in [0.1, 0.15) is 10.4 Å². The SMILES string of the molecule is O=C(O)c1ccc(N2CCNCC2)c(I)c1. The van der Waals surface area contributed by atoms with Crippen molar-refractivity contribution in [3.63, 3.8) is 0 Å². The maximum Gasteiger partial charge on any atom is 0.335 e. The highest BCUT2D eigenvalue weighted by Gasteiger charge is 2.14. The molecule has 0 radical (unpaired) electrons. The fraction of sp³-hybridized carbons (Fsp3) is 0.364. The first-order valence-corrected chi connectivity index (χ1v) is 6.25. The van der Waals surface area contributed by atoms with E-state index in [0.717, 1.165) is 35.4 Å². The zero-order valence-electron chi connectivity index (χ0n) is 8.74. The van der Waals surface area contributed by atoms with Crippen LogP contribution in [0, 0.1) is 3.57 Å². The minimum atomic E-state index is -0.871. The summed E-state index contributed by atoms with van der Waals surface area (Å²) in [4.78, 5) is 13.1. The van der Waals surface area contributed by atoms with Gasteiger partial charge in [-0.1, -0.05) is 0 Å². The first-order chi connectivity index (χ1) is 7.68. The Morgan fingerprint density at radius 1 is 1.38 bits per heavy atom. The summed E-state index contributed by atoms with van der Waals surface area (Å²) in [6, 6.07) is 5.29. The fourth-order valence-electron chi connectivity index (χ4n) is 1.80. The molecule has 1 heterocycles. The van der Waals surface area contributed by atoms with Crippen LogP contribution < -0.4 is 10.2 Å². The van der Waals surface area contributed by atoms with Crippen LogP contribution in [0.5, 0.6) is 0 Å². The zero-order chi connectivity index (χ0) is 11.5. The molecular formula is C11H13IN2O2. The van der Waals surface area contributed by atoms with Gasteiger partial charge in [0.25, 0.3) is 0 Å². The van der Waals surface area contributed by atoms with Gasteiger partial charge in [-0.05, 0) is 40.8 Å². The Balaban J connectivity index is 2.24. The van der Waals surface area contributed by atoms with Crippen molar-refractivity contribution in [1.82, 2.24) is 5.32 Å². The largest absolute Gasteiger partial charge is 0.478 e. The summed E-state index contributed by atoms with van der Waals surface area (Å²) >= 11 is 2.20. The van der Waals surface area contributed by atoms with Crippen molar-refractivity contribution in [2.45, 2.75) is 0 Å². The number of carboxylic acids is 1. The van der Waals surface area contributed by atoms with Crippen LogP contribution in [0.15, 0.2) is 18.2 Å². The van der Waals surface area contributed by atoms with Crippen molar-refractivity contribution in [3.05, 3.63) is 27.3 Å². The summed E-state index contributed by atoms with van der Waals surface area (Å²) < 4.78 is 0.999. The summed E-state index contributed by atoms with van der Waals surface area (Å²) in [6.45, 7) is 3.92. The summed E-state index contributed by atoms with van der Waals surface area (Å²) in [7, 11) is 0. The zero-order valence-corrected chi connectivity index (χ0v) is 10.9. The molecule has 1 aromatic carbocycles. The summed E-state index contributed by atoms with van der Waals surface area (Å²) in [6.07, 6.45) is 0. The van der Waals surface area contributed by atoms with Crippen molar-refractivity contribution in [3.8, 4) is 0 Å². The molecule has 0 aliphatic carbocycles. The number of hydrogen-bond donors (Lipinski definition) is 2. The van der Waals surface area contributed by atoms with Crippen LogP contribution in [0.4, 0.5) is 5.69 Å².